The van der Waals surface area contributed by atoms with Crippen molar-refractivity contribution >= 4 is 5.88 Å². The van der Waals surface area contributed by atoms with Gasteiger partial charge in [-0.05, 0) is 41.2 Å². The second-order valence-corrected chi connectivity index (χ2v) is 9.57. The first kappa shape index (κ1) is 22.5. The smallest absolute Gasteiger partial charge is 0.234 e. The van der Waals surface area contributed by atoms with Gasteiger partial charge in [0.25, 0.3) is 0 Å². The Bertz CT molecular complexity index is 1330. The summed E-state index contributed by atoms with van der Waals surface area (Å²) < 4.78 is 19.9. The number of benzene rings is 3. The standard InChI is InChI=1S/C30H27FN4O/c31-24-13-7-12-23(18-24)25-19-26(25)29-33-27(20-32)30(36-29)35-16-14-34(15-17-35)28(21-8-3-1-4-9-21)22-10-5-2-6-11-22/h1-13,18,25-26,28H,14-17,19H2. The van der Waals surface area contributed by atoms with E-state index in [9.17, 15) is 9.65 Å². The molecule has 0 bridgehead atoms. The summed E-state index contributed by atoms with van der Waals surface area (Å²) in [6, 6.07) is 30.3. The number of oxazole rings is 1. The topological polar surface area (TPSA) is 56.3 Å². The van der Waals surface area contributed by atoms with Gasteiger partial charge in [-0.3, -0.25) is 4.90 Å². The van der Waals surface area contributed by atoms with E-state index in [1.807, 2.05) is 18.2 Å². The third-order valence-corrected chi connectivity index (χ3v) is 7.31. The Morgan fingerprint density at radius 3 is 2.14 bits per heavy atom. The Balaban J connectivity index is 1.19. The molecule has 0 amide bonds. The summed E-state index contributed by atoms with van der Waals surface area (Å²) in [5.74, 6) is 1.20. The van der Waals surface area contributed by atoms with Crippen molar-refractivity contribution in [2.24, 2.45) is 0 Å². The van der Waals surface area contributed by atoms with Gasteiger partial charge in [-0.25, -0.2) is 9.37 Å². The molecule has 36 heavy (non-hydrogen) atoms. The number of nitrogens with zero attached hydrogens (tertiary/aromatic N) is 4. The van der Waals surface area contributed by atoms with Gasteiger partial charge < -0.3 is 9.32 Å². The van der Waals surface area contributed by atoms with Crippen LogP contribution in [0.5, 0.6) is 0 Å². The third-order valence-electron chi connectivity index (χ3n) is 7.31. The SMILES string of the molecule is N#Cc1nc(C2CC2c2cccc(F)c2)oc1N1CCN(C(c2ccccc2)c2ccccc2)CC1. The highest BCUT2D eigenvalue weighted by Crippen LogP contribution is 2.55. The lowest BCUT2D eigenvalue weighted by molar-refractivity contribution is 0.209. The lowest BCUT2D eigenvalue weighted by Gasteiger charge is -2.39. The van der Waals surface area contributed by atoms with Gasteiger partial charge in [-0.15, -0.1) is 0 Å². The average Bonchev–Trinajstić information content (AvgIpc) is 3.62. The van der Waals surface area contributed by atoms with Crippen molar-refractivity contribution in [2.45, 2.75) is 24.3 Å². The molecule has 1 aromatic heterocycles. The van der Waals surface area contributed by atoms with Crippen molar-refractivity contribution in [3.63, 3.8) is 0 Å². The van der Waals surface area contributed by atoms with Crippen LogP contribution in [0.25, 0.3) is 0 Å². The van der Waals surface area contributed by atoms with Crippen LogP contribution in [0.2, 0.25) is 0 Å². The minimum absolute atomic E-state index is 0.0921. The summed E-state index contributed by atoms with van der Waals surface area (Å²) in [7, 11) is 0. The summed E-state index contributed by atoms with van der Waals surface area (Å²) in [4.78, 5) is 9.17. The largest absolute Gasteiger partial charge is 0.423 e. The van der Waals surface area contributed by atoms with Crippen LogP contribution < -0.4 is 4.90 Å². The molecular formula is C30H27FN4O. The molecule has 4 aromatic rings. The molecule has 2 aliphatic rings. The monoisotopic (exact) mass is 478 g/mol. The van der Waals surface area contributed by atoms with Crippen LogP contribution in [0, 0.1) is 17.1 Å². The highest BCUT2D eigenvalue weighted by molar-refractivity contribution is 5.49. The Hall–Kier alpha value is -3.95. The number of aromatic nitrogens is 1. The molecule has 0 N–H and O–H groups in total. The number of hydrogen-bond acceptors (Lipinski definition) is 5. The maximum atomic E-state index is 13.7. The van der Waals surface area contributed by atoms with Crippen LogP contribution in [0.3, 0.4) is 0 Å². The number of anilines is 1. The van der Waals surface area contributed by atoms with E-state index in [0.29, 0.717) is 17.5 Å². The van der Waals surface area contributed by atoms with Gasteiger partial charge >= 0.3 is 0 Å². The van der Waals surface area contributed by atoms with Gasteiger partial charge in [0.15, 0.2) is 0 Å². The molecule has 2 fully saturated rings. The van der Waals surface area contributed by atoms with Crippen molar-refractivity contribution in [3.8, 4) is 6.07 Å². The minimum atomic E-state index is -0.230. The van der Waals surface area contributed by atoms with E-state index < -0.39 is 0 Å². The Morgan fingerprint density at radius 1 is 0.861 bits per heavy atom. The van der Waals surface area contributed by atoms with Gasteiger partial charge in [0.1, 0.15) is 11.9 Å². The summed E-state index contributed by atoms with van der Waals surface area (Å²) in [6.07, 6.45) is 0.859. The van der Waals surface area contributed by atoms with Crippen LogP contribution >= 0.6 is 0 Å². The van der Waals surface area contributed by atoms with Crippen molar-refractivity contribution in [1.29, 1.82) is 5.26 Å². The number of rotatable bonds is 6. The molecule has 2 unspecified atom stereocenters. The van der Waals surface area contributed by atoms with Crippen molar-refractivity contribution in [2.75, 3.05) is 31.1 Å². The second-order valence-electron chi connectivity index (χ2n) is 9.57. The first-order valence-corrected chi connectivity index (χ1v) is 12.5. The Kier molecular flexibility index (Phi) is 6.00. The molecular weight excluding hydrogens is 451 g/mol. The summed E-state index contributed by atoms with van der Waals surface area (Å²) in [5.41, 5.74) is 3.84. The van der Waals surface area contributed by atoms with Crippen molar-refractivity contribution < 1.29 is 8.81 Å². The van der Waals surface area contributed by atoms with E-state index >= 15 is 0 Å². The number of nitriles is 1. The predicted molar refractivity (Wildman–Crippen MR) is 136 cm³/mol. The quantitative estimate of drug-likeness (QED) is 0.347. The first-order valence-electron chi connectivity index (χ1n) is 12.5. The summed E-state index contributed by atoms with van der Waals surface area (Å²) in [5, 5.41) is 9.76. The van der Waals surface area contributed by atoms with E-state index in [1.165, 1.54) is 17.2 Å². The van der Waals surface area contributed by atoms with Gasteiger partial charge in [-0.2, -0.15) is 5.26 Å². The Labute approximate surface area is 210 Å². The first-order chi connectivity index (χ1) is 17.7. The number of halogens is 1. The van der Waals surface area contributed by atoms with Gasteiger partial charge in [-0.1, -0.05) is 72.8 Å². The summed E-state index contributed by atoms with van der Waals surface area (Å²) in [6.45, 7) is 3.17. The van der Waals surface area contributed by atoms with Crippen LogP contribution in [0.4, 0.5) is 10.3 Å². The molecule has 180 valence electrons. The number of piperazine rings is 1. The van der Waals surface area contributed by atoms with Gasteiger partial charge in [0, 0.05) is 32.1 Å². The second kappa shape index (κ2) is 9.60. The molecule has 0 spiro atoms. The van der Waals surface area contributed by atoms with Crippen molar-refractivity contribution in [1.82, 2.24) is 9.88 Å². The molecule has 2 atom stereocenters. The minimum Gasteiger partial charge on any atom is -0.423 e. The molecule has 0 radical (unpaired) electrons. The molecule has 1 aliphatic carbocycles. The van der Waals surface area contributed by atoms with E-state index in [0.717, 1.165) is 38.2 Å². The molecule has 6 heteroatoms. The number of hydrogen-bond donors (Lipinski definition) is 0. The van der Waals surface area contributed by atoms with Crippen LogP contribution in [0.1, 0.15) is 52.6 Å². The molecule has 6 rings (SSSR count). The van der Waals surface area contributed by atoms with Gasteiger partial charge in [0.05, 0.1) is 6.04 Å². The summed E-state index contributed by atoms with van der Waals surface area (Å²) >= 11 is 0. The molecule has 3 aromatic carbocycles. The van der Waals surface area contributed by atoms with E-state index in [4.69, 9.17) is 4.42 Å². The lowest BCUT2D eigenvalue weighted by Crippen LogP contribution is -2.48. The highest BCUT2D eigenvalue weighted by atomic mass is 19.1. The predicted octanol–water partition coefficient (Wildman–Crippen LogP) is 5.87. The van der Waals surface area contributed by atoms with E-state index in [1.54, 1.807) is 12.1 Å². The molecule has 1 saturated heterocycles. The lowest BCUT2D eigenvalue weighted by atomic mass is 9.96. The maximum absolute atomic E-state index is 13.7. The average molecular weight is 479 g/mol. The van der Waals surface area contributed by atoms with Crippen LogP contribution in [-0.4, -0.2) is 36.1 Å². The zero-order valence-corrected chi connectivity index (χ0v) is 19.9. The van der Waals surface area contributed by atoms with Gasteiger partial charge in [0.2, 0.25) is 17.5 Å². The molecule has 1 aliphatic heterocycles. The van der Waals surface area contributed by atoms with E-state index in [2.05, 4.69) is 69.4 Å². The molecule has 5 nitrogen and oxygen atoms in total. The zero-order chi connectivity index (χ0) is 24.5. The highest BCUT2D eigenvalue weighted by Gasteiger charge is 2.44. The molecule has 2 heterocycles. The normalized spacial score (nSPS) is 19.9. The van der Waals surface area contributed by atoms with Crippen LogP contribution in [-0.2, 0) is 0 Å². The maximum Gasteiger partial charge on any atom is 0.234 e. The molecule has 1 saturated carbocycles. The van der Waals surface area contributed by atoms with Crippen LogP contribution in [0.15, 0.2) is 89.3 Å². The van der Waals surface area contributed by atoms with E-state index in [-0.39, 0.29) is 23.7 Å². The fourth-order valence-electron chi connectivity index (χ4n) is 5.42. The fraction of sp³-hybridized carbons (Fsp3) is 0.267. The Morgan fingerprint density at radius 2 is 1.53 bits per heavy atom. The van der Waals surface area contributed by atoms with Crippen molar-refractivity contribution in [3.05, 3.63) is 119 Å². The fourth-order valence-corrected chi connectivity index (χ4v) is 5.42. The zero-order valence-electron chi connectivity index (χ0n) is 19.9. The third kappa shape index (κ3) is 4.38.